The molecule has 1 atom stereocenters. The summed E-state index contributed by atoms with van der Waals surface area (Å²) in [6.45, 7) is 5.24. The van der Waals surface area contributed by atoms with Crippen molar-refractivity contribution in [1.29, 1.82) is 0 Å². The van der Waals surface area contributed by atoms with Gasteiger partial charge in [0.05, 0.1) is 6.04 Å². The minimum absolute atomic E-state index is 0.0175. The van der Waals surface area contributed by atoms with Gasteiger partial charge in [0.15, 0.2) is 0 Å². The van der Waals surface area contributed by atoms with E-state index in [9.17, 15) is 4.79 Å². The van der Waals surface area contributed by atoms with E-state index in [0.717, 1.165) is 0 Å². The van der Waals surface area contributed by atoms with E-state index in [-0.39, 0.29) is 13.1 Å². The van der Waals surface area contributed by atoms with Crippen LogP contribution in [0.5, 0.6) is 0 Å². The van der Waals surface area contributed by atoms with E-state index in [2.05, 4.69) is 25.4 Å². The largest absolute Gasteiger partial charge is 0.444 e. The summed E-state index contributed by atoms with van der Waals surface area (Å²) in [5, 5.41) is 9.07. The molecule has 0 aliphatic rings. The number of nitrogens with zero attached hydrogens (tertiary/aromatic N) is 6. The Hall–Kier alpha value is -2.11. The van der Waals surface area contributed by atoms with Crippen LogP contribution in [-0.4, -0.2) is 30.8 Å². The Bertz CT molecular complexity index is 349. The van der Waals surface area contributed by atoms with Crippen LogP contribution in [0.1, 0.15) is 20.8 Å². The van der Waals surface area contributed by atoms with E-state index in [4.69, 9.17) is 15.8 Å². The summed E-state index contributed by atoms with van der Waals surface area (Å²) < 4.78 is 4.98. The molecule has 9 nitrogen and oxygen atoms in total. The molecular formula is C8H15N7O2. The van der Waals surface area contributed by atoms with Crippen molar-refractivity contribution in [2.45, 2.75) is 32.4 Å². The standard InChI is InChI=1S/C8H15N7O2/c1-8(2,3)17-7(16)11-4-6(13-15-10)5-12-14-9/h6H,4-5H2,1-3H3,(H,11,16)/t6-/m0/s1. The normalized spacial score (nSPS) is 11.7. The lowest BCUT2D eigenvalue weighted by molar-refractivity contribution is 0.0525. The van der Waals surface area contributed by atoms with Gasteiger partial charge in [0.2, 0.25) is 0 Å². The molecule has 0 bridgehead atoms. The zero-order chi connectivity index (χ0) is 13.3. The Kier molecular flexibility index (Phi) is 6.32. The third-order valence-corrected chi connectivity index (χ3v) is 1.45. The quantitative estimate of drug-likeness (QED) is 0.449. The minimum Gasteiger partial charge on any atom is -0.444 e. The average molecular weight is 241 g/mol. The summed E-state index contributed by atoms with van der Waals surface area (Å²) in [7, 11) is 0. The molecule has 0 aromatic rings. The number of rotatable bonds is 5. The molecule has 94 valence electrons. The lowest BCUT2D eigenvalue weighted by Crippen LogP contribution is -2.37. The van der Waals surface area contributed by atoms with E-state index in [1.807, 2.05) is 0 Å². The van der Waals surface area contributed by atoms with Crippen LogP contribution in [0.25, 0.3) is 20.9 Å². The average Bonchev–Trinajstić information content (AvgIpc) is 2.19. The molecule has 0 aromatic carbocycles. The molecule has 0 radical (unpaired) electrons. The van der Waals surface area contributed by atoms with E-state index in [0.29, 0.717) is 0 Å². The zero-order valence-electron chi connectivity index (χ0n) is 9.99. The van der Waals surface area contributed by atoms with Gasteiger partial charge in [-0.05, 0) is 31.8 Å². The maximum atomic E-state index is 11.3. The molecule has 0 saturated carbocycles. The summed E-state index contributed by atoms with van der Waals surface area (Å²) in [5.74, 6) is 0. The molecule has 0 aliphatic carbocycles. The Labute approximate surface area is 98.4 Å². The number of ether oxygens (including phenoxy) is 1. The van der Waals surface area contributed by atoms with Crippen LogP contribution in [0, 0.1) is 0 Å². The van der Waals surface area contributed by atoms with Crippen molar-refractivity contribution in [3.8, 4) is 0 Å². The van der Waals surface area contributed by atoms with Crippen LogP contribution in [-0.2, 0) is 4.74 Å². The lowest BCUT2D eigenvalue weighted by atomic mass is 10.2. The molecule has 0 heterocycles. The topological polar surface area (TPSA) is 136 Å². The highest BCUT2D eigenvalue weighted by atomic mass is 16.6. The first-order valence-corrected chi connectivity index (χ1v) is 4.91. The third kappa shape index (κ3) is 8.86. The summed E-state index contributed by atoms with van der Waals surface area (Å²) in [5.41, 5.74) is 15.8. The third-order valence-electron chi connectivity index (χ3n) is 1.45. The second-order valence-corrected chi connectivity index (χ2v) is 4.15. The fraction of sp³-hybridized carbons (Fsp3) is 0.875. The number of alkyl carbamates (subject to hydrolysis) is 1. The number of azide groups is 2. The van der Waals surface area contributed by atoms with E-state index in [1.54, 1.807) is 20.8 Å². The first-order chi connectivity index (χ1) is 7.89. The molecule has 0 aliphatic heterocycles. The molecule has 17 heavy (non-hydrogen) atoms. The Morgan fingerprint density at radius 2 is 2.06 bits per heavy atom. The molecule has 0 spiro atoms. The SMILES string of the molecule is CC(C)(C)OC(=O)NC[C@@H](CN=[N+]=[N-])N=[N+]=[N-]. The molecule has 0 saturated heterocycles. The van der Waals surface area contributed by atoms with Crippen LogP contribution < -0.4 is 5.32 Å². The van der Waals surface area contributed by atoms with Gasteiger partial charge in [0.1, 0.15) is 5.60 Å². The van der Waals surface area contributed by atoms with Crippen LogP contribution in [0.2, 0.25) is 0 Å². The first kappa shape index (κ1) is 14.9. The van der Waals surface area contributed by atoms with Crippen molar-refractivity contribution in [2.75, 3.05) is 13.1 Å². The summed E-state index contributed by atoms with van der Waals surface area (Å²) in [6, 6.07) is -0.622. The van der Waals surface area contributed by atoms with Gasteiger partial charge in [-0.3, -0.25) is 0 Å². The van der Waals surface area contributed by atoms with Gasteiger partial charge in [-0.25, -0.2) is 4.79 Å². The van der Waals surface area contributed by atoms with Gasteiger partial charge in [-0.15, -0.1) is 0 Å². The molecule has 0 unspecified atom stereocenters. The van der Waals surface area contributed by atoms with Crippen molar-refractivity contribution in [3.05, 3.63) is 20.9 Å². The first-order valence-electron chi connectivity index (χ1n) is 4.91. The smallest absolute Gasteiger partial charge is 0.407 e. The van der Waals surface area contributed by atoms with Gasteiger partial charge < -0.3 is 10.1 Å². The van der Waals surface area contributed by atoms with Gasteiger partial charge in [0.25, 0.3) is 0 Å². The van der Waals surface area contributed by atoms with Gasteiger partial charge in [-0.1, -0.05) is 10.2 Å². The number of carbonyl (C=O) groups is 1. The van der Waals surface area contributed by atoms with E-state index >= 15 is 0 Å². The predicted octanol–water partition coefficient (Wildman–Crippen LogP) is 2.50. The monoisotopic (exact) mass is 241 g/mol. The highest BCUT2D eigenvalue weighted by Gasteiger charge is 2.16. The van der Waals surface area contributed by atoms with E-state index in [1.165, 1.54) is 0 Å². The summed E-state index contributed by atoms with van der Waals surface area (Å²) in [6.07, 6.45) is -0.614. The van der Waals surface area contributed by atoms with Crippen molar-refractivity contribution in [3.63, 3.8) is 0 Å². The number of carbonyl (C=O) groups excluding carboxylic acids is 1. The number of amides is 1. The van der Waals surface area contributed by atoms with Crippen molar-refractivity contribution < 1.29 is 9.53 Å². The van der Waals surface area contributed by atoms with Crippen LogP contribution in [0.4, 0.5) is 4.79 Å². The summed E-state index contributed by atoms with van der Waals surface area (Å²) >= 11 is 0. The van der Waals surface area contributed by atoms with Crippen LogP contribution in [0.15, 0.2) is 10.2 Å². The number of nitrogens with one attached hydrogen (secondary N) is 1. The minimum atomic E-state index is -0.622. The fourth-order valence-electron chi connectivity index (χ4n) is 0.861. The van der Waals surface area contributed by atoms with Gasteiger partial charge in [0, 0.05) is 22.9 Å². The molecule has 1 N–H and O–H groups in total. The summed E-state index contributed by atoms with van der Waals surface area (Å²) in [4.78, 5) is 16.4. The second kappa shape index (κ2) is 7.21. The van der Waals surface area contributed by atoms with Crippen molar-refractivity contribution in [1.82, 2.24) is 5.32 Å². The molecule has 9 heteroatoms. The van der Waals surface area contributed by atoms with Crippen LogP contribution in [0.3, 0.4) is 0 Å². The molecule has 0 aromatic heterocycles. The maximum Gasteiger partial charge on any atom is 0.407 e. The van der Waals surface area contributed by atoms with Gasteiger partial charge >= 0.3 is 6.09 Å². The number of hydrogen-bond acceptors (Lipinski definition) is 4. The molecule has 1 amide bonds. The van der Waals surface area contributed by atoms with Gasteiger partial charge in [-0.2, -0.15) is 0 Å². The van der Waals surface area contributed by atoms with Crippen molar-refractivity contribution >= 4 is 6.09 Å². The lowest BCUT2D eigenvalue weighted by Gasteiger charge is -2.20. The molecule has 0 fully saturated rings. The fourth-order valence-corrected chi connectivity index (χ4v) is 0.861. The highest BCUT2D eigenvalue weighted by molar-refractivity contribution is 5.67. The molecule has 0 rings (SSSR count). The second-order valence-electron chi connectivity index (χ2n) is 4.15. The highest BCUT2D eigenvalue weighted by Crippen LogP contribution is 2.06. The molecular weight excluding hydrogens is 226 g/mol. The van der Waals surface area contributed by atoms with Crippen LogP contribution >= 0.6 is 0 Å². The zero-order valence-corrected chi connectivity index (χ0v) is 9.99. The number of hydrogen-bond donors (Lipinski definition) is 1. The Morgan fingerprint density at radius 1 is 1.41 bits per heavy atom. The van der Waals surface area contributed by atoms with Crippen molar-refractivity contribution in [2.24, 2.45) is 10.2 Å². The van der Waals surface area contributed by atoms with E-state index < -0.39 is 17.7 Å². The Morgan fingerprint density at radius 3 is 2.53 bits per heavy atom. The Balaban J connectivity index is 4.16. The predicted molar refractivity (Wildman–Crippen MR) is 61.2 cm³/mol. The maximum absolute atomic E-state index is 11.3.